The molecule has 5 heteroatoms. The van der Waals surface area contributed by atoms with Gasteiger partial charge in [0.1, 0.15) is 5.82 Å². The third kappa shape index (κ3) is 2.85. The molecule has 114 valence electrons. The van der Waals surface area contributed by atoms with Gasteiger partial charge in [0.2, 0.25) is 0 Å². The van der Waals surface area contributed by atoms with Gasteiger partial charge in [0.25, 0.3) is 5.91 Å². The number of aryl methyl sites for hydroxylation is 1. The molecule has 1 saturated heterocycles. The number of piperazine rings is 1. The first-order chi connectivity index (χ1) is 10.7. The molecule has 1 aliphatic heterocycles. The van der Waals surface area contributed by atoms with Gasteiger partial charge in [-0.2, -0.15) is 0 Å². The van der Waals surface area contributed by atoms with E-state index in [2.05, 4.69) is 10.3 Å². The third-order valence-electron chi connectivity index (χ3n) is 3.98. The van der Waals surface area contributed by atoms with E-state index in [1.54, 1.807) is 31.5 Å². The largest absolute Gasteiger partial charge is 0.329 e. The Labute approximate surface area is 129 Å². The van der Waals surface area contributed by atoms with Crippen LogP contribution in [0.3, 0.4) is 0 Å². The minimum absolute atomic E-state index is 0.0553. The second-order valence-electron chi connectivity index (χ2n) is 5.47. The first-order valence-corrected chi connectivity index (χ1v) is 7.34. The highest BCUT2D eigenvalue weighted by Crippen LogP contribution is 2.24. The van der Waals surface area contributed by atoms with Crippen LogP contribution in [0.2, 0.25) is 0 Å². The number of carbonyl (C=O) groups excluding carboxylic acids is 1. The number of hydrogen-bond donors (Lipinski definition) is 1. The van der Waals surface area contributed by atoms with E-state index in [4.69, 9.17) is 0 Å². The fourth-order valence-electron chi connectivity index (χ4n) is 2.76. The molecule has 2 heterocycles. The van der Waals surface area contributed by atoms with E-state index >= 15 is 0 Å². The van der Waals surface area contributed by atoms with Crippen LogP contribution in [0.15, 0.2) is 42.7 Å². The molecule has 1 fully saturated rings. The lowest BCUT2D eigenvalue weighted by Crippen LogP contribution is -2.48. The van der Waals surface area contributed by atoms with Crippen LogP contribution in [-0.4, -0.2) is 35.4 Å². The molecule has 2 aromatic rings. The average molecular weight is 299 g/mol. The quantitative estimate of drug-likeness (QED) is 0.925. The van der Waals surface area contributed by atoms with Crippen molar-refractivity contribution in [1.82, 2.24) is 15.2 Å². The van der Waals surface area contributed by atoms with Crippen LogP contribution in [-0.2, 0) is 0 Å². The molecule has 0 spiro atoms. The summed E-state index contributed by atoms with van der Waals surface area (Å²) in [6.07, 6.45) is 3.50. The summed E-state index contributed by atoms with van der Waals surface area (Å²) in [4.78, 5) is 18.8. The van der Waals surface area contributed by atoms with Crippen molar-refractivity contribution >= 4 is 5.91 Å². The highest BCUT2D eigenvalue weighted by molar-refractivity contribution is 5.94. The summed E-state index contributed by atoms with van der Waals surface area (Å²) in [6, 6.07) is 8.30. The predicted molar refractivity (Wildman–Crippen MR) is 82.0 cm³/mol. The van der Waals surface area contributed by atoms with Gasteiger partial charge in [0, 0.05) is 37.6 Å². The average Bonchev–Trinajstić information content (AvgIpc) is 2.57. The Balaban J connectivity index is 1.90. The molecule has 1 aromatic heterocycles. The van der Waals surface area contributed by atoms with E-state index in [1.807, 2.05) is 17.0 Å². The number of nitrogens with one attached hydrogen (secondary N) is 1. The first kappa shape index (κ1) is 14.7. The SMILES string of the molecule is Cc1cc(C(=O)N2CCNCC2c2cccnc2)ccc1F. The maximum Gasteiger partial charge on any atom is 0.254 e. The highest BCUT2D eigenvalue weighted by Gasteiger charge is 2.28. The third-order valence-corrected chi connectivity index (χ3v) is 3.98. The summed E-state index contributed by atoms with van der Waals surface area (Å²) in [5.41, 5.74) is 2.01. The van der Waals surface area contributed by atoms with Crippen molar-refractivity contribution in [3.05, 3.63) is 65.2 Å². The smallest absolute Gasteiger partial charge is 0.254 e. The van der Waals surface area contributed by atoms with Gasteiger partial charge in [-0.05, 0) is 42.3 Å². The molecule has 0 saturated carbocycles. The molecule has 22 heavy (non-hydrogen) atoms. The fourth-order valence-corrected chi connectivity index (χ4v) is 2.76. The van der Waals surface area contributed by atoms with Crippen LogP contribution < -0.4 is 5.32 Å². The number of hydrogen-bond acceptors (Lipinski definition) is 3. The van der Waals surface area contributed by atoms with Crippen LogP contribution in [0.5, 0.6) is 0 Å². The van der Waals surface area contributed by atoms with Crippen molar-refractivity contribution in [3.63, 3.8) is 0 Å². The van der Waals surface area contributed by atoms with E-state index in [0.29, 0.717) is 24.2 Å². The zero-order chi connectivity index (χ0) is 15.5. The molecule has 4 nitrogen and oxygen atoms in total. The van der Waals surface area contributed by atoms with Gasteiger partial charge in [-0.1, -0.05) is 6.07 Å². The Kier molecular flexibility index (Phi) is 4.15. The predicted octanol–water partition coefficient (Wildman–Crippen LogP) is 2.32. The molecule has 1 atom stereocenters. The monoisotopic (exact) mass is 299 g/mol. The maximum atomic E-state index is 13.4. The molecule has 1 unspecified atom stereocenters. The molecule has 0 aliphatic carbocycles. The lowest BCUT2D eigenvalue weighted by molar-refractivity contribution is 0.0634. The summed E-state index contributed by atoms with van der Waals surface area (Å²) >= 11 is 0. The molecule has 1 amide bonds. The maximum absolute atomic E-state index is 13.4. The van der Waals surface area contributed by atoms with Crippen molar-refractivity contribution in [2.45, 2.75) is 13.0 Å². The summed E-state index contributed by atoms with van der Waals surface area (Å²) in [7, 11) is 0. The molecule has 1 aliphatic rings. The first-order valence-electron chi connectivity index (χ1n) is 7.34. The van der Waals surface area contributed by atoms with E-state index in [1.165, 1.54) is 6.07 Å². The van der Waals surface area contributed by atoms with Gasteiger partial charge in [0.15, 0.2) is 0 Å². The van der Waals surface area contributed by atoms with Crippen LogP contribution in [0.25, 0.3) is 0 Å². The van der Waals surface area contributed by atoms with E-state index in [9.17, 15) is 9.18 Å². The summed E-state index contributed by atoms with van der Waals surface area (Å²) in [5.74, 6) is -0.362. The van der Waals surface area contributed by atoms with Gasteiger partial charge in [0.05, 0.1) is 6.04 Å². The standard InChI is InChI=1S/C17H18FN3O/c1-12-9-13(4-5-15(12)18)17(22)21-8-7-20-11-16(21)14-3-2-6-19-10-14/h2-6,9-10,16,20H,7-8,11H2,1H3. The number of amides is 1. The topological polar surface area (TPSA) is 45.2 Å². The molecule has 3 rings (SSSR count). The molecule has 0 radical (unpaired) electrons. The second kappa shape index (κ2) is 6.23. The second-order valence-corrected chi connectivity index (χ2v) is 5.47. The number of rotatable bonds is 2. The van der Waals surface area contributed by atoms with Crippen LogP contribution in [0.1, 0.15) is 27.5 Å². The minimum Gasteiger partial charge on any atom is -0.329 e. The summed E-state index contributed by atoms with van der Waals surface area (Å²) in [5, 5.41) is 3.31. The van der Waals surface area contributed by atoms with Crippen LogP contribution >= 0.6 is 0 Å². The van der Waals surface area contributed by atoms with E-state index in [-0.39, 0.29) is 17.8 Å². The van der Waals surface area contributed by atoms with Crippen molar-refractivity contribution < 1.29 is 9.18 Å². The van der Waals surface area contributed by atoms with Crippen molar-refractivity contribution in [2.24, 2.45) is 0 Å². The van der Waals surface area contributed by atoms with Gasteiger partial charge in [-0.15, -0.1) is 0 Å². The Hall–Kier alpha value is -2.27. The van der Waals surface area contributed by atoms with Crippen molar-refractivity contribution in [2.75, 3.05) is 19.6 Å². The lowest BCUT2D eigenvalue weighted by Gasteiger charge is -2.36. The number of benzene rings is 1. The number of carbonyl (C=O) groups is 1. The van der Waals surface area contributed by atoms with Gasteiger partial charge in [-0.3, -0.25) is 9.78 Å². The zero-order valence-corrected chi connectivity index (χ0v) is 12.4. The number of nitrogens with zero attached hydrogens (tertiary/aromatic N) is 2. The normalized spacial score (nSPS) is 18.3. The van der Waals surface area contributed by atoms with Crippen LogP contribution in [0, 0.1) is 12.7 Å². The number of aromatic nitrogens is 1. The molecular weight excluding hydrogens is 281 g/mol. The molecule has 0 bridgehead atoms. The van der Waals surface area contributed by atoms with E-state index in [0.717, 1.165) is 12.1 Å². The zero-order valence-electron chi connectivity index (χ0n) is 12.4. The molecule has 1 N–H and O–H groups in total. The number of pyridine rings is 1. The minimum atomic E-state index is -0.291. The highest BCUT2D eigenvalue weighted by atomic mass is 19.1. The summed E-state index contributed by atoms with van der Waals surface area (Å²) < 4.78 is 13.4. The van der Waals surface area contributed by atoms with Gasteiger partial charge >= 0.3 is 0 Å². The fraction of sp³-hybridized carbons (Fsp3) is 0.294. The Morgan fingerprint density at radius 2 is 2.27 bits per heavy atom. The number of halogens is 1. The van der Waals surface area contributed by atoms with Gasteiger partial charge < -0.3 is 10.2 Å². The lowest BCUT2D eigenvalue weighted by atomic mass is 10.0. The van der Waals surface area contributed by atoms with Gasteiger partial charge in [-0.25, -0.2) is 4.39 Å². The Bertz CT molecular complexity index is 675. The molecule has 1 aromatic carbocycles. The van der Waals surface area contributed by atoms with E-state index < -0.39 is 0 Å². The Morgan fingerprint density at radius 3 is 3.00 bits per heavy atom. The Morgan fingerprint density at radius 1 is 1.41 bits per heavy atom. The van der Waals surface area contributed by atoms with Crippen molar-refractivity contribution in [1.29, 1.82) is 0 Å². The summed E-state index contributed by atoms with van der Waals surface area (Å²) in [6.45, 7) is 3.73. The van der Waals surface area contributed by atoms with Crippen LogP contribution in [0.4, 0.5) is 4.39 Å². The van der Waals surface area contributed by atoms with Crippen molar-refractivity contribution in [3.8, 4) is 0 Å². The molecular formula is C17H18FN3O.